The third-order valence-electron chi connectivity index (χ3n) is 3.51. The van der Waals surface area contributed by atoms with Crippen LogP contribution in [0.4, 0.5) is 22.7 Å². The van der Waals surface area contributed by atoms with Crippen molar-refractivity contribution >= 4 is 40.1 Å². The van der Waals surface area contributed by atoms with Crippen molar-refractivity contribution in [2.75, 3.05) is 17.7 Å². The molecule has 0 saturated carbocycles. The Hall–Kier alpha value is -3.25. The van der Waals surface area contributed by atoms with Gasteiger partial charge in [0.2, 0.25) is 0 Å². The van der Waals surface area contributed by atoms with Gasteiger partial charge in [-0.05, 0) is 72.9 Å². The molecule has 3 rings (SSSR count). The van der Waals surface area contributed by atoms with Crippen LogP contribution in [0.15, 0.2) is 89.1 Å². The molecule has 2 N–H and O–H groups in total. The van der Waals surface area contributed by atoms with Crippen LogP contribution >= 0.6 is 12.2 Å². The highest BCUT2D eigenvalue weighted by atomic mass is 32.1. The minimum Gasteiger partial charge on any atom is -0.497 e. The first-order chi connectivity index (χ1) is 12.7. The summed E-state index contributed by atoms with van der Waals surface area (Å²) in [5, 5.41) is 15.2. The minimum atomic E-state index is 0.508. The second kappa shape index (κ2) is 8.73. The van der Waals surface area contributed by atoms with E-state index in [0.717, 1.165) is 28.5 Å². The molecule has 0 aromatic heterocycles. The van der Waals surface area contributed by atoms with Gasteiger partial charge in [-0.2, -0.15) is 10.2 Å². The van der Waals surface area contributed by atoms with Gasteiger partial charge >= 0.3 is 0 Å². The summed E-state index contributed by atoms with van der Waals surface area (Å²) in [5.74, 6) is 0.801. The van der Waals surface area contributed by atoms with Gasteiger partial charge in [0.1, 0.15) is 5.75 Å². The lowest BCUT2D eigenvalue weighted by Gasteiger charge is -2.11. The Morgan fingerprint density at radius 3 is 1.77 bits per heavy atom. The first kappa shape index (κ1) is 17.6. The molecule has 26 heavy (non-hydrogen) atoms. The maximum atomic E-state index is 5.33. The average molecular weight is 362 g/mol. The molecular formula is C20H18N4OS. The Balaban J connectivity index is 1.56. The third-order valence-corrected chi connectivity index (χ3v) is 3.71. The monoisotopic (exact) mass is 362 g/mol. The topological polar surface area (TPSA) is 58.0 Å². The van der Waals surface area contributed by atoms with Crippen molar-refractivity contribution in [2.24, 2.45) is 10.2 Å². The number of hydrogen-bond acceptors (Lipinski definition) is 4. The molecule has 0 aliphatic rings. The lowest BCUT2D eigenvalue weighted by atomic mass is 10.3. The molecule has 0 aliphatic carbocycles. The number of thiocarbonyl (C=S) groups is 1. The highest BCUT2D eigenvalue weighted by Crippen LogP contribution is 2.20. The number of nitrogens with zero attached hydrogens (tertiary/aromatic N) is 2. The molecule has 0 aliphatic heterocycles. The average Bonchev–Trinajstić information content (AvgIpc) is 2.69. The van der Waals surface area contributed by atoms with Crippen LogP contribution < -0.4 is 15.4 Å². The Labute approximate surface area is 157 Å². The molecule has 3 aromatic carbocycles. The van der Waals surface area contributed by atoms with E-state index in [1.807, 2.05) is 78.9 Å². The van der Waals surface area contributed by atoms with E-state index >= 15 is 0 Å². The summed E-state index contributed by atoms with van der Waals surface area (Å²) in [6.07, 6.45) is 0. The SMILES string of the molecule is COc1ccc(NC(=S)Nc2ccc(N=Nc3ccccc3)cc2)cc1. The van der Waals surface area contributed by atoms with Crippen LogP contribution in [0.1, 0.15) is 0 Å². The van der Waals surface area contributed by atoms with Gasteiger partial charge in [-0.3, -0.25) is 0 Å². The van der Waals surface area contributed by atoms with Gasteiger partial charge in [-0.25, -0.2) is 0 Å². The molecule has 130 valence electrons. The largest absolute Gasteiger partial charge is 0.497 e. The van der Waals surface area contributed by atoms with E-state index in [0.29, 0.717) is 5.11 Å². The van der Waals surface area contributed by atoms with E-state index < -0.39 is 0 Å². The third kappa shape index (κ3) is 5.12. The molecule has 0 amide bonds. The number of nitrogens with one attached hydrogen (secondary N) is 2. The van der Waals surface area contributed by atoms with Crippen molar-refractivity contribution < 1.29 is 4.74 Å². The van der Waals surface area contributed by atoms with Crippen LogP contribution in [0.5, 0.6) is 5.75 Å². The lowest BCUT2D eigenvalue weighted by molar-refractivity contribution is 0.415. The van der Waals surface area contributed by atoms with Crippen LogP contribution in [-0.2, 0) is 0 Å². The smallest absolute Gasteiger partial charge is 0.175 e. The Morgan fingerprint density at radius 2 is 1.23 bits per heavy atom. The highest BCUT2D eigenvalue weighted by Gasteiger charge is 2.00. The summed E-state index contributed by atoms with van der Waals surface area (Å²) < 4.78 is 5.14. The molecule has 0 saturated heterocycles. The molecule has 0 atom stereocenters. The van der Waals surface area contributed by atoms with E-state index in [1.54, 1.807) is 7.11 Å². The molecule has 0 unspecified atom stereocenters. The first-order valence-electron chi connectivity index (χ1n) is 8.02. The van der Waals surface area contributed by atoms with Gasteiger partial charge in [0.25, 0.3) is 0 Å². The molecule has 0 fully saturated rings. The van der Waals surface area contributed by atoms with Gasteiger partial charge in [0.15, 0.2) is 5.11 Å². The maximum Gasteiger partial charge on any atom is 0.175 e. The number of hydrogen-bond donors (Lipinski definition) is 2. The Morgan fingerprint density at radius 1 is 0.731 bits per heavy atom. The second-order valence-corrected chi connectivity index (χ2v) is 5.80. The highest BCUT2D eigenvalue weighted by molar-refractivity contribution is 7.80. The van der Waals surface area contributed by atoms with E-state index in [1.165, 1.54) is 0 Å². The summed E-state index contributed by atoms with van der Waals surface area (Å²) >= 11 is 5.33. The van der Waals surface area contributed by atoms with Gasteiger partial charge in [0, 0.05) is 11.4 Å². The van der Waals surface area contributed by atoms with Crippen LogP contribution in [0.25, 0.3) is 0 Å². The van der Waals surface area contributed by atoms with Gasteiger partial charge in [-0.1, -0.05) is 18.2 Å². The molecule has 6 heteroatoms. The Bertz CT molecular complexity index is 878. The molecule has 5 nitrogen and oxygen atoms in total. The van der Waals surface area contributed by atoms with E-state index in [-0.39, 0.29) is 0 Å². The number of anilines is 2. The number of benzene rings is 3. The lowest BCUT2D eigenvalue weighted by Crippen LogP contribution is -2.18. The van der Waals surface area contributed by atoms with Crippen LogP contribution in [0.2, 0.25) is 0 Å². The van der Waals surface area contributed by atoms with E-state index in [2.05, 4.69) is 20.9 Å². The minimum absolute atomic E-state index is 0.508. The van der Waals surface area contributed by atoms with Gasteiger partial charge in [-0.15, -0.1) is 0 Å². The summed E-state index contributed by atoms with van der Waals surface area (Å²) in [5.41, 5.74) is 3.35. The molecule has 0 radical (unpaired) electrons. The zero-order valence-corrected chi connectivity index (χ0v) is 15.0. The summed E-state index contributed by atoms with van der Waals surface area (Å²) in [7, 11) is 1.64. The zero-order valence-electron chi connectivity index (χ0n) is 14.2. The fraction of sp³-hybridized carbons (Fsp3) is 0.0500. The Kier molecular flexibility index (Phi) is 5.90. The normalized spacial score (nSPS) is 10.5. The fourth-order valence-corrected chi connectivity index (χ4v) is 2.43. The summed E-state index contributed by atoms with van der Waals surface area (Å²) in [6.45, 7) is 0. The number of ether oxygens (including phenoxy) is 1. The molecule has 0 bridgehead atoms. The van der Waals surface area contributed by atoms with Crippen LogP contribution in [0, 0.1) is 0 Å². The molecule has 3 aromatic rings. The van der Waals surface area contributed by atoms with Gasteiger partial charge in [0.05, 0.1) is 18.5 Å². The number of azo groups is 1. The first-order valence-corrected chi connectivity index (χ1v) is 8.43. The standard InChI is InChI=1S/C20H18N4OS/c1-25-19-13-11-16(12-14-19)22-20(26)21-15-7-9-18(10-8-15)24-23-17-5-3-2-4-6-17/h2-14H,1H3,(H2,21,22,26). The van der Waals surface area contributed by atoms with Gasteiger partial charge < -0.3 is 15.4 Å². The van der Waals surface area contributed by atoms with Crippen molar-refractivity contribution in [1.82, 2.24) is 0 Å². The van der Waals surface area contributed by atoms with Crippen molar-refractivity contribution in [3.63, 3.8) is 0 Å². The summed E-state index contributed by atoms with van der Waals surface area (Å²) in [6, 6.07) is 24.7. The van der Waals surface area contributed by atoms with Crippen molar-refractivity contribution in [1.29, 1.82) is 0 Å². The quantitative estimate of drug-likeness (QED) is 0.437. The van der Waals surface area contributed by atoms with Crippen molar-refractivity contribution in [3.8, 4) is 5.75 Å². The van der Waals surface area contributed by atoms with E-state index in [4.69, 9.17) is 17.0 Å². The van der Waals surface area contributed by atoms with E-state index in [9.17, 15) is 0 Å². The summed E-state index contributed by atoms with van der Waals surface area (Å²) in [4.78, 5) is 0. The second-order valence-electron chi connectivity index (χ2n) is 5.39. The zero-order chi connectivity index (χ0) is 18.2. The molecule has 0 spiro atoms. The number of rotatable bonds is 5. The molecule has 0 heterocycles. The van der Waals surface area contributed by atoms with Crippen molar-refractivity contribution in [2.45, 2.75) is 0 Å². The van der Waals surface area contributed by atoms with Crippen LogP contribution in [-0.4, -0.2) is 12.2 Å². The number of methoxy groups -OCH3 is 1. The van der Waals surface area contributed by atoms with Crippen LogP contribution in [0.3, 0.4) is 0 Å². The predicted molar refractivity (Wildman–Crippen MR) is 110 cm³/mol. The maximum absolute atomic E-state index is 5.33. The molecular weight excluding hydrogens is 344 g/mol. The predicted octanol–water partition coefficient (Wildman–Crippen LogP) is 5.92. The fourth-order valence-electron chi connectivity index (χ4n) is 2.19. The van der Waals surface area contributed by atoms with Crippen molar-refractivity contribution in [3.05, 3.63) is 78.9 Å².